The Bertz CT molecular complexity index is 551. The Morgan fingerprint density at radius 3 is 3.20 bits per heavy atom. The molecular formula is C16H21N3O. The number of benzene rings is 1. The highest BCUT2D eigenvalue weighted by Gasteiger charge is 2.21. The number of aromatic nitrogens is 2. The van der Waals surface area contributed by atoms with Gasteiger partial charge >= 0.3 is 0 Å². The summed E-state index contributed by atoms with van der Waals surface area (Å²) in [5.74, 6) is 0.973. The van der Waals surface area contributed by atoms with Crippen LogP contribution < -0.4 is 10.1 Å². The molecule has 1 aromatic carbocycles. The second kappa shape index (κ2) is 6.09. The monoisotopic (exact) mass is 271 g/mol. The van der Waals surface area contributed by atoms with Crippen LogP contribution in [0.5, 0.6) is 5.75 Å². The normalized spacial score (nSPS) is 17.1. The average molecular weight is 271 g/mol. The number of rotatable bonds is 6. The van der Waals surface area contributed by atoms with Crippen LogP contribution in [0, 0.1) is 0 Å². The Labute approximate surface area is 119 Å². The molecule has 4 heteroatoms. The Balaban J connectivity index is 1.59. The molecule has 4 nitrogen and oxygen atoms in total. The molecule has 2 aromatic rings. The number of nitrogens with zero attached hydrogens (tertiary/aromatic N) is 2. The van der Waals surface area contributed by atoms with Crippen molar-refractivity contribution in [3.63, 3.8) is 0 Å². The van der Waals surface area contributed by atoms with Crippen molar-refractivity contribution in [2.45, 2.75) is 32.4 Å². The van der Waals surface area contributed by atoms with Crippen LogP contribution in [0.1, 0.15) is 30.5 Å². The summed E-state index contributed by atoms with van der Waals surface area (Å²) in [7, 11) is 0. The van der Waals surface area contributed by atoms with E-state index in [2.05, 4.69) is 35.4 Å². The fourth-order valence-electron chi connectivity index (χ4n) is 2.83. The predicted molar refractivity (Wildman–Crippen MR) is 78.9 cm³/mol. The van der Waals surface area contributed by atoms with Gasteiger partial charge in [0, 0.05) is 18.4 Å². The van der Waals surface area contributed by atoms with Crippen LogP contribution in [0.3, 0.4) is 0 Å². The van der Waals surface area contributed by atoms with Gasteiger partial charge in [-0.3, -0.25) is 0 Å². The lowest BCUT2D eigenvalue weighted by molar-refractivity contribution is 0.298. The molecular weight excluding hydrogens is 250 g/mol. The van der Waals surface area contributed by atoms with Crippen molar-refractivity contribution in [2.24, 2.45) is 0 Å². The van der Waals surface area contributed by atoms with E-state index in [1.807, 2.05) is 17.1 Å². The average Bonchev–Trinajstić information content (AvgIpc) is 3.09. The standard InChI is InChI=1S/C16H21N3O/c1-2-18-16-6-3-13-11-14(4-5-15(13)16)20-10-9-19-8-7-17-12-19/h4-5,7-8,11-12,16,18H,2-3,6,9-10H2,1H3. The highest BCUT2D eigenvalue weighted by atomic mass is 16.5. The van der Waals surface area contributed by atoms with Gasteiger partial charge in [-0.05, 0) is 42.6 Å². The van der Waals surface area contributed by atoms with Crippen LogP contribution in [0.25, 0.3) is 0 Å². The van der Waals surface area contributed by atoms with E-state index >= 15 is 0 Å². The summed E-state index contributed by atoms with van der Waals surface area (Å²) in [5.41, 5.74) is 2.87. The first kappa shape index (κ1) is 13.2. The van der Waals surface area contributed by atoms with Crippen molar-refractivity contribution >= 4 is 0 Å². The van der Waals surface area contributed by atoms with Gasteiger partial charge in [-0.25, -0.2) is 4.98 Å². The van der Waals surface area contributed by atoms with Gasteiger partial charge in [0.25, 0.3) is 0 Å². The first-order valence-electron chi connectivity index (χ1n) is 7.31. The smallest absolute Gasteiger partial charge is 0.119 e. The first-order valence-corrected chi connectivity index (χ1v) is 7.31. The molecule has 106 valence electrons. The lowest BCUT2D eigenvalue weighted by Crippen LogP contribution is -2.18. The van der Waals surface area contributed by atoms with Crippen LogP contribution in [-0.4, -0.2) is 22.7 Å². The van der Waals surface area contributed by atoms with Crippen LogP contribution in [0.4, 0.5) is 0 Å². The third-order valence-corrected chi connectivity index (χ3v) is 3.82. The second-order valence-electron chi connectivity index (χ2n) is 5.16. The molecule has 0 aliphatic heterocycles. The van der Waals surface area contributed by atoms with E-state index < -0.39 is 0 Å². The van der Waals surface area contributed by atoms with Crippen molar-refractivity contribution in [1.29, 1.82) is 0 Å². The van der Waals surface area contributed by atoms with Gasteiger partial charge in [0.1, 0.15) is 12.4 Å². The number of fused-ring (bicyclic) bond motifs is 1. The van der Waals surface area contributed by atoms with Gasteiger partial charge < -0.3 is 14.6 Å². The zero-order valence-electron chi connectivity index (χ0n) is 11.9. The molecule has 1 unspecified atom stereocenters. The summed E-state index contributed by atoms with van der Waals surface area (Å²) < 4.78 is 7.85. The van der Waals surface area contributed by atoms with Crippen molar-refractivity contribution in [2.75, 3.05) is 13.2 Å². The Morgan fingerprint density at radius 1 is 1.45 bits per heavy atom. The van der Waals surface area contributed by atoms with Crippen LogP contribution in [0.15, 0.2) is 36.9 Å². The number of hydrogen-bond donors (Lipinski definition) is 1. The third kappa shape index (κ3) is 2.85. The van der Waals surface area contributed by atoms with E-state index in [0.717, 1.165) is 25.3 Å². The van der Waals surface area contributed by atoms with Gasteiger partial charge in [0.15, 0.2) is 0 Å². The zero-order valence-corrected chi connectivity index (χ0v) is 11.9. The molecule has 0 saturated heterocycles. The van der Waals surface area contributed by atoms with Gasteiger partial charge in [0.2, 0.25) is 0 Å². The zero-order chi connectivity index (χ0) is 13.8. The largest absolute Gasteiger partial charge is 0.492 e. The molecule has 1 aromatic heterocycles. The lowest BCUT2D eigenvalue weighted by atomic mass is 10.1. The number of aryl methyl sites for hydroxylation is 1. The van der Waals surface area contributed by atoms with Gasteiger partial charge in [-0.1, -0.05) is 13.0 Å². The summed E-state index contributed by atoms with van der Waals surface area (Å²) in [6.45, 7) is 4.68. The molecule has 0 amide bonds. The minimum Gasteiger partial charge on any atom is -0.492 e. The maximum absolute atomic E-state index is 5.83. The van der Waals surface area contributed by atoms with Crippen LogP contribution in [0.2, 0.25) is 0 Å². The number of nitrogens with one attached hydrogen (secondary N) is 1. The predicted octanol–water partition coefficient (Wildman–Crippen LogP) is 2.56. The van der Waals surface area contributed by atoms with Crippen molar-refractivity contribution in [3.8, 4) is 5.75 Å². The van der Waals surface area contributed by atoms with Gasteiger partial charge in [-0.2, -0.15) is 0 Å². The van der Waals surface area contributed by atoms with Crippen LogP contribution >= 0.6 is 0 Å². The van der Waals surface area contributed by atoms with Gasteiger partial charge in [-0.15, -0.1) is 0 Å². The summed E-state index contributed by atoms with van der Waals surface area (Å²) in [6, 6.07) is 7.01. The Morgan fingerprint density at radius 2 is 2.40 bits per heavy atom. The fourth-order valence-corrected chi connectivity index (χ4v) is 2.83. The summed E-state index contributed by atoms with van der Waals surface area (Å²) in [4.78, 5) is 4.02. The SMILES string of the molecule is CCNC1CCc2cc(OCCn3ccnc3)ccc21. The summed E-state index contributed by atoms with van der Waals surface area (Å²) in [6.07, 6.45) is 7.89. The second-order valence-corrected chi connectivity index (χ2v) is 5.16. The molecule has 0 spiro atoms. The molecule has 20 heavy (non-hydrogen) atoms. The van der Waals surface area contributed by atoms with Crippen LogP contribution in [-0.2, 0) is 13.0 Å². The maximum atomic E-state index is 5.83. The molecule has 1 atom stereocenters. The highest BCUT2D eigenvalue weighted by molar-refractivity contribution is 5.40. The lowest BCUT2D eigenvalue weighted by Gasteiger charge is -2.13. The molecule has 0 fully saturated rings. The number of ether oxygens (including phenoxy) is 1. The summed E-state index contributed by atoms with van der Waals surface area (Å²) in [5, 5.41) is 3.53. The van der Waals surface area contributed by atoms with E-state index in [1.165, 1.54) is 17.5 Å². The molecule has 3 rings (SSSR count). The number of hydrogen-bond acceptors (Lipinski definition) is 3. The third-order valence-electron chi connectivity index (χ3n) is 3.82. The minimum atomic E-state index is 0.523. The van der Waals surface area contributed by atoms with E-state index in [0.29, 0.717) is 12.6 Å². The number of imidazole rings is 1. The molecule has 0 saturated carbocycles. The van der Waals surface area contributed by atoms with Crippen molar-refractivity contribution in [1.82, 2.24) is 14.9 Å². The molecule has 0 radical (unpaired) electrons. The maximum Gasteiger partial charge on any atom is 0.119 e. The molecule has 1 N–H and O–H groups in total. The molecule has 1 aliphatic carbocycles. The Hall–Kier alpha value is -1.81. The van der Waals surface area contributed by atoms with Crippen molar-refractivity contribution < 1.29 is 4.74 Å². The molecule has 1 aliphatic rings. The van der Waals surface area contributed by atoms with E-state index in [9.17, 15) is 0 Å². The van der Waals surface area contributed by atoms with E-state index in [1.54, 1.807) is 6.20 Å². The first-order chi connectivity index (χ1) is 9.86. The Kier molecular flexibility index (Phi) is 4.02. The summed E-state index contributed by atoms with van der Waals surface area (Å²) >= 11 is 0. The highest BCUT2D eigenvalue weighted by Crippen LogP contribution is 2.33. The minimum absolute atomic E-state index is 0.523. The fraction of sp³-hybridized carbons (Fsp3) is 0.438. The van der Waals surface area contributed by atoms with E-state index in [4.69, 9.17) is 4.74 Å². The topological polar surface area (TPSA) is 39.1 Å². The van der Waals surface area contributed by atoms with E-state index in [-0.39, 0.29) is 0 Å². The van der Waals surface area contributed by atoms with Gasteiger partial charge in [0.05, 0.1) is 12.9 Å². The molecule has 1 heterocycles. The van der Waals surface area contributed by atoms with Crippen molar-refractivity contribution in [3.05, 3.63) is 48.0 Å². The quantitative estimate of drug-likeness (QED) is 0.877. The molecule has 0 bridgehead atoms.